The minimum atomic E-state index is -0.384. The largest absolute Gasteiger partial charge is 0.489 e. The Labute approximate surface area is 202 Å². The highest BCUT2D eigenvalue weighted by Crippen LogP contribution is 2.23. The number of pyridine rings is 1. The number of fused-ring (bicyclic) bond motifs is 1. The van der Waals surface area contributed by atoms with E-state index in [9.17, 15) is 9.59 Å². The molecule has 5 rings (SSSR count). The van der Waals surface area contributed by atoms with Crippen molar-refractivity contribution >= 4 is 28.4 Å². The number of ether oxygens (including phenoxy) is 2. The van der Waals surface area contributed by atoms with Crippen LogP contribution >= 0.6 is 0 Å². The van der Waals surface area contributed by atoms with Gasteiger partial charge in [0.25, 0.3) is 5.91 Å². The number of hydrogen-bond donors (Lipinski definition) is 1. The van der Waals surface area contributed by atoms with E-state index in [4.69, 9.17) is 13.9 Å². The van der Waals surface area contributed by atoms with E-state index in [1.807, 2.05) is 43.3 Å². The molecule has 1 fully saturated rings. The van der Waals surface area contributed by atoms with Crippen molar-refractivity contribution in [3.05, 3.63) is 94.0 Å². The number of anilines is 2. The molecule has 1 aliphatic rings. The third-order valence-corrected chi connectivity index (χ3v) is 5.89. The summed E-state index contributed by atoms with van der Waals surface area (Å²) >= 11 is 0. The zero-order chi connectivity index (χ0) is 24.2. The molecule has 0 saturated carbocycles. The van der Waals surface area contributed by atoms with E-state index in [1.165, 1.54) is 6.07 Å². The normalized spacial score (nSPS) is 13.6. The zero-order valence-electron chi connectivity index (χ0n) is 19.3. The number of aromatic nitrogens is 1. The Bertz CT molecular complexity index is 1390. The maximum atomic E-state index is 12.6. The molecular weight excluding hydrogens is 446 g/mol. The van der Waals surface area contributed by atoms with Gasteiger partial charge in [0.1, 0.15) is 23.8 Å². The van der Waals surface area contributed by atoms with Crippen LogP contribution in [0.3, 0.4) is 0 Å². The van der Waals surface area contributed by atoms with Crippen LogP contribution in [0.2, 0.25) is 0 Å². The molecule has 4 aromatic rings. The highest BCUT2D eigenvalue weighted by molar-refractivity contribution is 6.04. The number of rotatable bonds is 6. The lowest BCUT2D eigenvalue weighted by Crippen LogP contribution is -2.36. The number of hydrogen-bond acceptors (Lipinski definition) is 7. The SMILES string of the molecule is Cc1cc(=O)oc2cc(OCc3ccc(C(=O)Nc4ccc(N5CCOCC5)nc4)cc3)ccc12. The minimum Gasteiger partial charge on any atom is -0.489 e. The van der Waals surface area contributed by atoms with Crippen LogP contribution in [-0.4, -0.2) is 37.2 Å². The van der Waals surface area contributed by atoms with Crippen LogP contribution in [0.25, 0.3) is 11.0 Å². The Morgan fingerprint density at radius 2 is 1.86 bits per heavy atom. The van der Waals surface area contributed by atoms with E-state index in [-0.39, 0.29) is 11.5 Å². The summed E-state index contributed by atoms with van der Waals surface area (Å²) in [6.07, 6.45) is 1.66. The van der Waals surface area contributed by atoms with Crippen LogP contribution in [-0.2, 0) is 11.3 Å². The molecule has 1 aliphatic heterocycles. The van der Waals surface area contributed by atoms with Gasteiger partial charge in [0, 0.05) is 36.2 Å². The van der Waals surface area contributed by atoms with Gasteiger partial charge in [-0.3, -0.25) is 4.79 Å². The number of morpholine rings is 1. The summed E-state index contributed by atoms with van der Waals surface area (Å²) in [5, 5.41) is 3.75. The van der Waals surface area contributed by atoms with Gasteiger partial charge in [-0.25, -0.2) is 9.78 Å². The van der Waals surface area contributed by atoms with Gasteiger partial charge in [-0.05, 0) is 54.4 Å². The van der Waals surface area contributed by atoms with Gasteiger partial charge in [0.15, 0.2) is 0 Å². The second-order valence-corrected chi connectivity index (χ2v) is 8.35. The zero-order valence-corrected chi connectivity index (χ0v) is 19.3. The van der Waals surface area contributed by atoms with Crippen molar-refractivity contribution in [3.63, 3.8) is 0 Å². The maximum Gasteiger partial charge on any atom is 0.336 e. The highest BCUT2D eigenvalue weighted by atomic mass is 16.5. The number of amides is 1. The first-order chi connectivity index (χ1) is 17.0. The molecule has 0 radical (unpaired) electrons. The monoisotopic (exact) mass is 471 g/mol. The highest BCUT2D eigenvalue weighted by Gasteiger charge is 2.13. The van der Waals surface area contributed by atoms with E-state index >= 15 is 0 Å². The number of aryl methyl sites for hydroxylation is 1. The average Bonchev–Trinajstić information content (AvgIpc) is 2.88. The number of carbonyl (C=O) groups excluding carboxylic acids is 1. The number of carbonyl (C=O) groups is 1. The molecule has 178 valence electrons. The second-order valence-electron chi connectivity index (χ2n) is 8.35. The molecule has 8 heteroatoms. The predicted octanol–water partition coefficient (Wildman–Crippen LogP) is 4.16. The van der Waals surface area contributed by atoms with Crippen LogP contribution in [0.15, 0.2) is 76.1 Å². The Kier molecular flexibility index (Phi) is 6.45. The van der Waals surface area contributed by atoms with Crippen molar-refractivity contribution in [1.29, 1.82) is 0 Å². The molecule has 3 heterocycles. The standard InChI is InChI=1S/C27H25N3O5/c1-18-14-26(31)35-24-15-22(7-8-23(18)24)34-17-19-2-4-20(5-3-19)27(32)29-21-6-9-25(28-16-21)30-10-12-33-13-11-30/h2-9,14-16H,10-13,17H2,1H3,(H,29,32). The van der Waals surface area contributed by atoms with Crippen LogP contribution in [0.4, 0.5) is 11.5 Å². The molecular formula is C27H25N3O5. The summed E-state index contributed by atoms with van der Waals surface area (Å²) in [5.41, 5.74) is 3.05. The molecule has 1 saturated heterocycles. The molecule has 1 N–H and O–H groups in total. The summed E-state index contributed by atoms with van der Waals surface area (Å²) in [4.78, 5) is 30.9. The minimum absolute atomic E-state index is 0.210. The van der Waals surface area contributed by atoms with Crippen molar-refractivity contribution in [2.75, 3.05) is 36.5 Å². The van der Waals surface area contributed by atoms with E-state index in [0.29, 0.717) is 42.4 Å². The summed E-state index contributed by atoms with van der Waals surface area (Å²) < 4.78 is 16.5. The second kappa shape index (κ2) is 9.99. The van der Waals surface area contributed by atoms with Crippen LogP contribution in [0.1, 0.15) is 21.5 Å². The summed E-state index contributed by atoms with van der Waals surface area (Å²) in [6, 6.07) is 17.9. The molecule has 2 aromatic carbocycles. The lowest BCUT2D eigenvalue weighted by molar-refractivity contribution is 0.102. The fraction of sp³-hybridized carbons (Fsp3) is 0.222. The summed E-state index contributed by atoms with van der Waals surface area (Å²) in [7, 11) is 0. The average molecular weight is 472 g/mol. The maximum absolute atomic E-state index is 12.6. The van der Waals surface area contributed by atoms with Crippen LogP contribution < -0.4 is 20.6 Å². The van der Waals surface area contributed by atoms with Crippen LogP contribution in [0.5, 0.6) is 5.75 Å². The third kappa shape index (κ3) is 5.33. The Morgan fingerprint density at radius 3 is 2.60 bits per heavy atom. The fourth-order valence-corrected chi connectivity index (χ4v) is 3.96. The Morgan fingerprint density at radius 1 is 1.06 bits per heavy atom. The van der Waals surface area contributed by atoms with E-state index in [1.54, 1.807) is 24.4 Å². The smallest absolute Gasteiger partial charge is 0.336 e. The van der Waals surface area contributed by atoms with E-state index in [0.717, 1.165) is 35.4 Å². The first-order valence-electron chi connectivity index (χ1n) is 11.4. The number of nitrogens with one attached hydrogen (secondary N) is 1. The molecule has 35 heavy (non-hydrogen) atoms. The lowest BCUT2D eigenvalue weighted by atomic mass is 10.1. The summed E-state index contributed by atoms with van der Waals surface area (Å²) in [5.74, 6) is 1.26. The van der Waals surface area contributed by atoms with Crippen molar-refractivity contribution in [2.45, 2.75) is 13.5 Å². The Balaban J connectivity index is 1.18. The van der Waals surface area contributed by atoms with Gasteiger partial charge in [-0.15, -0.1) is 0 Å². The number of nitrogens with zero attached hydrogens (tertiary/aromatic N) is 2. The molecule has 8 nitrogen and oxygen atoms in total. The molecule has 0 unspecified atom stereocenters. The summed E-state index contributed by atoms with van der Waals surface area (Å²) in [6.45, 7) is 5.20. The molecule has 0 atom stereocenters. The molecule has 0 aliphatic carbocycles. The van der Waals surface area contributed by atoms with Crippen molar-refractivity contribution in [1.82, 2.24) is 4.98 Å². The van der Waals surface area contributed by atoms with E-state index < -0.39 is 0 Å². The van der Waals surface area contributed by atoms with Gasteiger partial charge in [0.2, 0.25) is 0 Å². The first kappa shape index (κ1) is 22.6. The van der Waals surface area contributed by atoms with E-state index in [2.05, 4.69) is 15.2 Å². The third-order valence-electron chi connectivity index (χ3n) is 5.89. The molecule has 0 spiro atoms. The van der Waals surface area contributed by atoms with Crippen molar-refractivity contribution < 1.29 is 18.7 Å². The fourth-order valence-electron chi connectivity index (χ4n) is 3.96. The predicted molar refractivity (Wildman–Crippen MR) is 133 cm³/mol. The quantitative estimate of drug-likeness (QED) is 0.422. The van der Waals surface area contributed by atoms with Crippen molar-refractivity contribution in [3.8, 4) is 5.75 Å². The van der Waals surface area contributed by atoms with Gasteiger partial charge in [-0.1, -0.05) is 12.1 Å². The first-order valence-corrected chi connectivity index (χ1v) is 11.4. The van der Waals surface area contributed by atoms with Crippen LogP contribution in [0, 0.1) is 6.92 Å². The van der Waals surface area contributed by atoms with Crippen molar-refractivity contribution in [2.24, 2.45) is 0 Å². The number of benzene rings is 2. The Hall–Kier alpha value is -4.17. The van der Waals surface area contributed by atoms with Gasteiger partial charge < -0.3 is 24.1 Å². The molecule has 2 aromatic heterocycles. The van der Waals surface area contributed by atoms with Gasteiger partial charge >= 0.3 is 5.63 Å². The lowest BCUT2D eigenvalue weighted by Gasteiger charge is -2.27. The molecule has 1 amide bonds. The topological polar surface area (TPSA) is 93.9 Å². The molecule has 0 bridgehead atoms. The van der Waals surface area contributed by atoms with Gasteiger partial charge in [-0.2, -0.15) is 0 Å². The van der Waals surface area contributed by atoms with Gasteiger partial charge in [0.05, 0.1) is 25.1 Å².